The third-order valence-electron chi connectivity index (χ3n) is 1.50. The van der Waals surface area contributed by atoms with Gasteiger partial charge in [0.05, 0.1) is 5.69 Å². The van der Waals surface area contributed by atoms with Gasteiger partial charge in [-0.1, -0.05) is 18.2 Å². The van der Waals surface area contributed by atoms with Gasteiger partial charge in [0.1, 0.15) is 0 Å². The third-order valence-corrected chi connectivity index (χ3v) is 1.50. The van der Waals surface area contributed by atoms with E-state index in [1.807, 2.05) is 37.3 Å². The quantitative estimate of drug-likeness (QED) is 0.552. The van der Waals surface area contributed by atoms with Gasteiger partial charge in [0.2, 0.25) is 0 Å². The fourth-order valence-corrected chi connectivity index (χ4v) is 0.931. The average Bonchev–Trinajstić information content (AvgIpc) is 2.13. The van der Waals surface area contributed by atoms with Gasteiger partial charge in [0.25, 0.3) is 0 Å². The number of nitrogens with one attached hydrogen (secondary N) is 1. The summed E-state index contributed by atoms with van der Waals surface area (Å²) in [5, 5.41) is 6.76. The minimum Gasteiger partial charge on any atom is -0.309 e. The molecule has 66 valence electrons. The molecule has 0 saturated heterocycles. The van der Waals surface area contributed by atoms with Crippen molar-refractivity contribution < 1.29 is 0 Å². The molecule has 0 spiro atoms. The van der Waals surface area contributed by atoms with Crippen molar-refractivity contribution in [3.8, 4) is 0 Å². The first-order valence-corrected chi connectivity index (χ1v) is 4.10. The van der Waals surface area contributed by atoms with E-state index in [1.54, 1.807) is 12.2 Å². The number of pyridine rings is 1. The summed E-state index contributed by atoms with van der Waals surface area (Å²) >= 11 is 0. The van der Waals surface area contributed by atoms with Gasteiger partial charge in [-0.3, -0.25) is 4.98 Å². The van der Waals surface area contributed by atoms with Crippen molar-refractivity contribution in [1.29, 1.82) is 5.41 Å². The summed E-state index contributed by atoms with van der Waals surface area (Å²) in [7, 11) is 0. The number of aromatic nitrogens is 1. The number of rotatable bonds is 3. The van der Waals surface area contributed by atoms with Gasteiger partial charge in [-0.05, 0) is 31.2 Å². The van der Waals surface area contributed by atoms with Crippen molar-refractivity contribution in [1.82, 2.24) is 4.98 Å². The summed E-state index contributed by atoms with van der Waals surface area (Å²) < 4.78 is 0. The van der Waals surface area contributed by atoms with Crippen LogP contribution in [-0.2, 0) is 0 Å². The normalized spacial score (nSPS) is 11.2. The number of hydrogen-bond acceptors (Lipinski definition) is 2. The van der Waals surface area contributed by atoms with E-state index in [0.717, 1.165) is 11.4 Å². The summed E-state index contributed by atoms with van der Waals surface area (Å²) in [6, 6.07) is 5.88. The maximum absolute atomic E-state index is 6.76. The minimum atomic E-state index is 0.939. The molecule has 0 fully saturated rings. The monoisotopic (exact) mass is 172 g/mol. The Morgan fingerprint density at radius 1 is 1.23 bits per heavy atom. The molecular weight excluding hydrogens is 160 g/mol. The minimum absolute atomic E-state index is 0.939. The van der Waals surface area contributed by atoms with Gasteiger partial charge in [0, 0.05) is 11.9 Å². The largest absolute Gasteiger partial charge is 0.309 e. The summed E-state index contributed by atoms with van der Waals surface area (Å²) in [6.07, 6.45) is 8.48. The van der Waals surface area contributed by atoms with Crippen LogP contribution in [0.3, 0.4) is 0 Å². The van der Waals surface area contributed by atoms with Gasteiger partial charge < -0.3 is 5.41 Å². The highest BCUT2D eigenvalue weighted by molar-refractivity contribution is 5.68. The molecular formula is C11H12N2. The van der Waals surface area contributed by atoms with Gasteiger partial charge in [-0.2, -0.15) is 0 Å². The van der Waals surface area contributed by atoms with Crippen LogP contribution in [-0.4, -0.2) is 11.2 Å². The molecule has 2 nitrogen and oxygen atoms in total. The van der Waals surface area contributed by atoms with Crippen LogP contribution in [0, 0.1) is 12.3 Å². The maximum Gasteiger partial charge on any atom is 0.0632 e. The molecule has 0 aliphatic heterocycles. The molecule has 0 unspecified atom stereocenters. The Kier molecular flexibility index (Phi) is 3.64. The Labute approximate surface area is 78.1 Å². The molecule has 13 heavy (non-hydrogen) atoms. The lowest BCUT2D eigenvalue weighted by Crippen LogP contribution is -1.82. The highest BCUT2D eigenvalue weighted by Crippen LogP contribution is 1.99. The van der Waals surface area contributed by atoms with Crippen LogP contribution in [0.5, 0.6) is 0 Å². The first-order chi connectivity index (χ1) is 6.33. The van der Waals surface area contributed by atoms with Crippen LogP contribution in [0.25, 0.3) is 6.08 Å². The SMILES string of the molecule is Cc1cccc(/C=C/C=C\C=N)n1. The second-order valence-electron chi connectivity index (χ2n) is 2.61. The molecule has 1 aromatic rings. The van der Waals surface area contributed by atoms with Crippen molar-refractivity contribution in [2.75, 3.05) is 0 Å². The van der Waals surface area contributed by atoms with Crippen LogP contribution < -0.4 is 0 Å². The zero-order valence-electron chi connectivity index (χ0n) is 7.57. The van der Waals surface area contributed by atoms with E-state index in [4.69, 9.17) is 5.41 Å². The number of aryl methyl sites for hydroxylation is 1. The zero-order chi connectivity index (χ0) is 9.52. The Morgan fingerprint density at radius 2 is 2.08 bits per heavy atom. The lowest BCUT2D eigenvalue weighted by atomic mass is 10.3. The maximum atomic E-state index is 6.76. The Bertz CT molecular complexity index is 338. The average molecular weight is 172 g/mol. The molecule has 0 amide bonds. The van der Waals surface area contributed by atoms with Crippen LogP contribution in [0.15, 0.2) is 36.4 Å². The highest BCUT2D eigenvalue weighted by atomic mass is 14.7. The van der Waals surface area contributed by atoms with Gasteiger partial charge in [-0.25, -0.2) is 0 Å². The Balaban J connectivity index is 2.68. The summed E-state index contributed by atoms with van der Waals surface area (Å²) in [5.41, 5.74) is 1.95. The van der Waals surface area contributed by atoms with Crippen molar-refractivity contribution >= 4 is 12.3 Å². The molecule has 2 heteroatoms. The molecule has 0 bridgehead atoms. The second-order valence-corrected chi connectivity index (χ2v) is 2.61. The van der Waals surface area contributed by atoms with Gasteiger partial charge >= 0.3 is 0 Å². The molecule has 1 heterocycles. The van der Waals surface area contributed by atoms with E-state index in [9.17, 15) is 0 Å². The third kappa shape index (κ3) is 3.47. The van der Waals surface area contributed by atoms with E-state index in [1.165, 1.54) is 6.21 Å². The molecule has 1 aromatic heterocycles. The number of hydrogen-bond donors (Lipinski definition) is 1. The fraction of sp³-hybridized carbons (Fsp3) is 0.0909. The van der Waals surface area contributed by atoms with E-state index in [2.05, 4.69) is 4.98 Å². The number of allylic oxidation sites excluding steroid dienone is 3. The molecule has 0 aliphatic rings. The predicted octanol–water partition coefficient (Wildman–Crippen LogP) is 2.61. The zero-order valence-corrected chi connectivity index (χ0v) is 7.57. The molecule has 0 atom stereocenters. The molecule has 1 rings (SSSR count). The Hall–Kier alpha value is -1.70. The van der Waals surface area contributed by atoms with E-state index < -0.39 is 0 Å². The van der Waals surface area contributed by atoms with Crippen LogP contribution in [0.2, 0.25) is 0 Å². The van der Waals surface area contributed by atoms with E-state index in [0.29, 0.717) is 0 Å². The first-order valence-electron chi connectivity index (χ1n) is 4.10. The summed E-state index contributed by atoms with van der Waals surface area (Å²) in [4.78, 5) is 4.29. The van der Waals surface area contributed by atoms with Crippen LogP contribution >= 0.6 is 0 Å². The predicted molar refractivity (Wildman–Crippen MR) is 55.9 cm³/mol. The number of nitrogens with zero attached hydrogens (tertiary/aromatic N) is 1. The molecule has 0 radical (unpaired) electrons. The molecule has 1 N–H and O–H groups in total. The molecule has 0 aliphatic carbocycles. The topological polar surface area (TPSA) is 36.7 Å². The summed E-state index contributed by atoms with van der Waals surface area (Å²) in [6.45, 7) is 1.96. The van der Waals surface area contributed by atoms with Gasteiger partial charge in [0.15, 0.2) is 0 Å². The highest BCUT2D eigenvalue weighted by Gasteiger charge is 1.86. The lowest BCUT2D eigenvalue weighted by molar-refractivity contribution is 1.18. The van der Waals surface area contributed by atoms with Gasteiger partial charge in [-0.15, -0.1) is 0 Å². The first kappa shape index (κ1) is 9.39. The van der Waals surface area contributed by atoms with Crippen LogP contribution in [0.1, 0.15) is 11.4 Å². The van der Waals surface area contributed by atoms with Crippen molar-refractivity contribution in [3.63, 3.8) is 0 Å². The van der Waals surface area contributed by atoms with Crippen molar-refractivity contribution in [2.45, 2.75) is 6.92 Å². The molecule has 0 saturated carbocycles. The fourth-order valence-electron chi connectivity index (χ4n) is 0.931. The van der Waals surface area contributed by atoms with Crippen LogP contribution in [0.4, 0.5) is 0 Å². The van der Waals surface area contributed by atoms with E-state index >= 15 is 0 Å². The van der Waals surface area contributed by atoms with Crippen molar-refractivity contribution in [3.05, 3.63) is 47.8 Å². The lowest BCUT2D eigenvalue weighted by Gasteiger charge is -1.92. The summed E-state index contributed by atoms with van der Waals surface area (Å²) in [5.74, 6) is 0. The Morgan fingerprint density at radius 3 is 2.77 bits per heavy atom. The van der Waals surface area contributed by atoms with Crippen molar-refractivity contribution in [2.24, 2.45) is 0 Å². The smallest absolute Gasteiger partial charge is 0.0632 e. The second kappa shape index (κ2) is 5.04. The standard InChI is InChI=1S/C11H12N2/c1-10-6-5-8-11(13-10)7-3-2-4-9-12/h2-9,12H,1H3/b4-2-,7-3+,12-9?. The molecule has 0 aromatic carbocycles. The van der Waals surface area contributed by atoms with E-state index in [-0.39, 0.29) is 0 Å².